The van der Waals surface area contributed by atoms with Crippen LogP contribution in [0.25, 0.3) is 11.4 Å². The molecular weight excluding hydrogens is 532 g/mol. The summed E-state index contributed by atoms with van der Waals surface area (Å²) in [5, 5.41) is 0. The van der Waals surface area contributed by atoms with Crippen LogP contribution in [0, 0.1) is 6.92 Å². The van der Waals surface area contributed by atoms with Crippen molar-refractivity contribution < 1.29 is 4.57 Å². The van der Waals surface area contributed by atoms with Gasteiger partial charge in [0.25, 0.3) is 5.82 Å². The molecule has 0 N–H and O–H groups in total. The Morgan fingerprint density at radius 3 is 1.23 bits per heavy atom. The van der Waals surface area contributed by atoms with Crippen LogP contribution in [0.1, 0.15) is 199 Å². The van der Waals surface area contributed by atoms with Crippen molar-refractivity contribution in [2.45, 2.75) is 214 Å². The lowest BCUT2D eigenvalue weighted by Gasteiger charge is -2.07. The topological polar surface area (TPSA) is 8.81 Å². The Morgan fingerprint density at radius 1 is 0.455 bits per heavy atom. The summed E-state index contributed by atoms with van der Waals surface area (Å²) in [7, 11) is 0. The van der Waals surface area contributed by atoms with Gasteiger partial charge < -0.3 is 0 Å². The molecule has 0 saturated heterocycles. The molecule has 2 rings (SSSR count). The highest BCUT2D eigenvalue weighted by Crippen LogP contribution is 2.21. The number of unbranched alkanes of at least 4 members (excludes halogenated alkanes) is 26. The molecule has 1 aromatic carbocycles. The molecule has 0 unspecified atom stereocenters. The molecule has 0 atom stereocenters. The number of aryl methyl sites for hydroxylation is 2. The van der Waals surface area contributed by atoms with E-state index >= 15 is 0 Å². The van der Waals surface area contributed by atoms with Gasteiger partial charge >= 0.3 is 0 Å². The zero-order chi connectivity index (χ0) is 31.3. The number of aromatic nitrogens is 2. The van der Waals surface area contributed by atoms with E-state index in [1.807, 2.05) is 0 Å². The van der Waals surface area contributed by atoms with Gasteiger partial charge in [0, 0.05) is 6.92 Å². The number of hydrogen-bond donors (Lipinski definition) is 0. The molecule has 44 heavy (non-hydrogen) atoms. The maximum Gasteiger partial charge on any atom is 0.289 e. The summed E-state index contributed by atoms with van der Waals surface area (Å²) >= 11 is 0. The molecule has 0 fully saturated rings. The lowest BCUT2D eigenvalue weighted by atomic mass is 10.0. The van der Waals surface area contributed by atoms with E-state index in [1.165, 1.54) is 197 Å². The smallest absolute Gasteiger partial charge is 0.230 e. The number of nitrogens with zero attached hydrogens (tertiary/aromatic N) is 2. The molecule has 1 heterocycles. The standard InChI is InChI=1S/C42H75N2/c1-4-6-8-10-12-14-16-18-20-22-24-26-28-33-37-43-39-40(3)44(42(43)41-35-31-30-32-36-41)38-34-29-27-25-23-21-19-17-15-13-11-9-7-5-2/h30-32,35-36,39H,4-29,33-34,37-38H2,1-3H3/q+1. The lowest BCUT2D eigenvalue weighted by Crippen LogP contribution is -2.35. The third-order valence-corrected chi connectivity index (χ3v) is 9.82. The summed E-state index contributed by atoms with van der Waals surface area (Å²) in [4.78, 5) is 0. The van der Waals surface area contributed by atoms with Crippen molar-refractivity contribution in [1.82, 2.24) is 4.57 Å². The van der Waals surface area contributed by atoms with Gasteiger partial charge in [0.1, 0.15) is 11.9 Å². The molecular formula is C42H75N2+. The van der Waals surface area contributed by atoms with E-state index in [1.54, 1.807) is 0 Å². The monoisotopic (exact) mass is 608 g/mol. The molecule has 1 aromatic heterocycles. The Hall–Kier alpha value is -1.57. The van der Waals surface area contributed by atoms with Gasteiger partial charge in [-0.15, -0.1) is 0 Å². The lowest BCUT2D eigenvalue weighted by molar-refractivity contribution is -0.686. The maximum absolute atomic E-state index is 2.61. The molecule has 0 aliphatic heterocycles. The van der Waals surface area contributed by atoms with Crippen LogP contribution < -0.4 is 4.57 Å². The molecule has 0 saturated carbocycles. The van der Waals surface area contributed by atoms with E-state index in [4.69, 9.17) is 0 Å². The zero-order valence-corrected chi connectivity index (χ0v) is 30.1. The Bertz CT molecular complexity index is 883. The van der Waals surface area contributed by atoms with Crippen LogP contribution in [-0.2, 0) is 13.1 Å². The van der Waals surface area contributed by atoms with Crippen LogP contribution >= 0.6 is 0 Å². The van der Waals surface area contributed by atoms with Crippen LogP contribution in [0.2, 0.25) is 0 Å². The number of imidazole rings is 1. The highest BCUT2D eigenvalue weighted by Gasteiger charge is 2.22. The van der Waals surface area contributed by atoms with Crippen molar-refractivity contribution in [3.05, 3.63) is 42.2 Å². The molecule has 0 aliphatic rings. The first-order valence-electron chi connectivity index (χ1n) is 19.9. The van der Waals surface area contributed by atoms with E-state index in [0.717, 1.165) is 13.1 Å². The SMILES string of the molecule is CCCCCCCCCCCCCCCCn1c(C)c[n+](CCCCCCCCCCCCCCCC)c1-c1ccccc1. The Morgan fingerprint density at radius 2 is 0.818 bits per heavy atom. The van der Waals surface area contributed by atoms with Gasteiger partial charge in [-0.3, -0.25) is 0 Å². The number of rotatable bonds is 31. The maximum atomic E-state index is 2.61. The summed E-state index contributed by atoms with van der Waals surface area (Å²) in [6.07, 6.45) is 42.2. The minimum Gasteiger partial charge on any atom is -0.230 e. The van der Waals surface area contributed by atoms with Crippen LogP contribution in [0.15, 0.2) is 36.5 Å². The third kappa shape index (κ3) is 18.4. The van der Waals surface area contributed by atoms with Crippen molar-refractivity contribution in [3.8, 4) is 11.4 Å². The van der Waals surface area contributed by atoms with E-state index < -0.39 is 0 Å². The number of hydrogen-bond acceptors (Lipinski definition) is 0. The molecule has 0 aliphatic carbocycles. The second-order valence-corrected chi connectivity index (χ2v) is 14.0. The first kappa shape index (κ1) is 38.6. The third-order valence-electron chi connectivity index (χ3n) is 9.82. The average molecular weight is 608 g/mol. The van der Waals surface area contributed by atoms with Gasteiger partial charge in [-0.25, -0.2) is 9.13 Å². The fraction of sp³-hybridized carbons (Fsp3) is 0.786. The predicted octanol–water partition coefficient (Wildman–Crippen LogP) is 13.7. The van der Waals surface area contributed by atoms with Gasteiger partial charge in [0.15, 0.2) is 0 Å². The van der Waals surface area contributed by atoms with Gasteiger partial charge in [-0.05, 0) is 37.8 Å². The zero-order valence-electron chi connectivity index (χ0n) is 30.1. The average Bonchev–Trinajstić information content (AvgIpc) is 3.36. The molecule has 252 valence electrons. The highest BCUT2D eigenvalue weighted by molar-refractivity contribution is 5.52. The summed E-state index contributed by atoms with van der Waals surface area (Å²) in [6.45, 7) is 9.23. The largest absolute Gasteiger partial charge is 0.289 e. The molecule has 0 spiro atoms. The van der Waals surface area contributed by atoms with Crippen molar-refractivity contribution in [1.29, 1.82) is 0 Å². The van der Waals surface area contributed by atoms with Crippen molar-refractivity contribution in [3.63, 3.8) is 0 Å². The van der Waals surface area contributed by atoms with E-state index in [0.29, 0.717) is 0 Å². The second-order valence-electron chi connectivity index (χ2n) is 14.0. The van der Waals surface area contributed by atoms with Crippen molar-refractivity contribution in [2.24, 2.45) is 0 Å². The Labute approximate surface area is 275 Å². The first-order chi connectivity index (χ1) is 21.8. The normalized spacial score (nSPS) is 11.5. The van der Waals surface area contributed by atoms with Gasteiger partial charge in [0.2, 0.25) is 0 Å². The van der Waals surface area contributed by atoms with Crippen LogP contribution in [0.4, 0.5) is 0 Å². The van der Waals surface area contributed by atoms with Gasteiger partial charge in [-0.2, -0.15) is 0 Å². The van der Waals surface area contributed by atoms with Gasteiger partial charge in [0.05, 0.1) is 18.7 Å². The summed E-state index contributed by atoms with van der Waals surface area (Å²) in [5.41, 5.74) is 2.79. The van der Waals surface area contributed by atoms with E-state index in [2.05, 4.69) is 66.4 Å². The highest BCUT2D eigenvalue weighted by atomic mass is 15.2. The Kier molecular flexibility index (Phi) is 24.3. The van der Waals surface area contributed by atoms with Gasteiger partial charge in [-0.1, -0.05) is 186 Å². The molecule has 0 radical (unpaired) electrons. The Balaban J connectivity index is 1.61. The van der Waals surface area contributed by atoms with Crippen LogP contribution in [-0.4, -0.2) is 4.57 Å². The van der Waals surface area contributed by atoms with Crippen LogP contribution in [0.3, 0.4) is 0 Å². The predicted molar refractivity (Wildman–Crippen MR) is 195 cm³/mol. The fourth-order valence-corrected chi connectivity index (χ4v) is 6.98. The van der Waals surface area contributed by atoms with E-state index in [9.17, 15) is 0 Å². The fourth-order valence-electron chi connectivity index (χ4n) is 6.98. The second kappa shape index (κ2) is 27.7. The minimum absolute atomic E-state index is 1.15. The summed E-state index contributed by atoms with van der Waals surface area (Å²) in [5.74, 6) is 1.42. The molecule has 0 amide bonds. The van der Waals surface area contributed by atoms with Crippen molar-refractivity contribution in [2.75, 3.05) is 0 Å². The van der Waals surface area contributed by atoms with E-state index in [-0.39, 0.29) is 0 Å². The minimum atomic E-state index is 1.15. The quantitative estimate of drug-likeness (QED) is 0.0595. The van der Waals surface area contributed by atoms with Crippen LogP contribution in [0.5, 0.6) is 0 Å². The number of benzene rings is 1. The molecule has 2 heteroatoms. The van der Waals surface area contributed by atoms with Crippen molar-refractivity contribution >= 4 is 0 Å². The molecule has 2 nitrogen and oxygen atoms in total. The summed E-state index contributed by atoms with van der Waals surface area (Å²) < 4.78 is 5.18. The first-order valence-corrected chi connectivity index (χ1v) is 19.9. The molecule has 2 aromatic rings. The molecule has 0 bridgehead atoms. The summed E-state index contributed by atoms with van der Waals surface area (Å²) in [6, 6.07) is 11.2.